The summed E-state index contributed by atoms with van der Waals surface area (Å²) in [6, 6.07) is 5.75. The van der Waals surface area contributed by atoms with Gasteiger partial charge in [-0.25, -0.2) is 17.4 Å². The minimum absolute atomic E-state index is 0.364. The number of fused-ring (bicyclic) bond motifs is 1. The molecule has 1 N–H and O–H groups in total. The number of hydrogen-bond donors (Lipinski definition) is 1. The molecule has 1 aromatic carbocycles. The monoisotopic (exact) mass is 358 g/mol. The highest BCUT2D eigenvalue weighted by atomic mass is 32.2. The summed E-state index contributed by atoms with van der Waals surface area (Å²) < 4.78 is 27.5. The molecule has 0 amide bonds. The average Bonchev–Trinajstić information content (AvgIpc) is 3.07. The lowest BCUT2D eigenvalue weighted by atomic mass is 10.1. The van der Waals surface area contributed by atoms with E-state index in [0.29, 0.717) is 10.4 Å². The Labute approximate surface area is 147 Å². The lowest BCUT2D eigenvalue weighted by Crippen LogP contribution is -2.43. The van der Waals surface area contributed by atoms with Crippen molar-refractivity contribution in [3.05, 3.63) is 47.2 Å². The van der Waals surface area contributed by atoms with Gasteiger partial charge in [0.05, 0.1) is 16.1 Å². The van der Waals surface area contributed by atoms with Crippen LogP contribution in [-0.4, -0.2) is 43.6 Å². The number of benzene rings is 1. The Morgan fingerprint density at radius 3 is 2.76 bits per heavy atom. The van der Waals surface area contributed by atoms with Gasteiger partial charge in [0.25, 0.3) is 10.0 Å². The van der Waals surface area contributed by atoms with Gasteiger partial charge in [-0.05, 0) is 38.0 Å². The quantitative estimate of drug-likeness (QED) is 0.911. The van der Waals surface area contributed by atoms with E-state index < -0.39 is 10.0 Å². The highest BCUT2D eigenvalue weighted by Crippen LogP contribution is 2.29. The zero-order chi connectivity index (χ0) is 17.4. The molecule has 1 aliphatic carbocycles. The van der Waals surface area contributed by atoms with Crippen LogP contribution >= 0.6 is 0 Å². The van der Waals surface area contributed by atoms with Gasteiger partial charge in [0, 0.05) is 26.2 Å². The third-order valence-electron chi connectivity index (χ3n) is 4.81. The molecule has 2 aliphatic rings. The number of para-hydroxylation sites is 1. The summed E-state index contributed by atoms with van der Waals surface area (Å²) in [6.45, 7) is 5.60. The molecule has 1 aromatic heterocycles. The van der Waals surface area contributed by atoms with Crippen LogP contribution in [0, 0.1) is 0 Å². The fraction of sp³-hybridized carbons (Fsp3) is 0.389. The number of piperazine rings is 1. The van der Waals surface area contributed by atoms with E-state index >= 15 is 0 Å². The first-order valence-corrected chi connectivity index (χ1v) is 10.1. The molecule has 132 valence electrons. The summed E-state index contributed by atoms with van der Waals surface area (Å²) >= 11 is 0. The van der Waals surface area contributed by atoms with Crippen molar-refractivity contribution in [2.24, 2.45) is 0 Å². The van der Waals surface area contributed by atoms with E-state index in [0.717, 1.165) is 55.8 Å². The van der Waals surface area contributed by atoms with Gasteiger partial charge in [0.15, 0.2) is 0 Å². The molecule has 0 unspecified atom stereocenters. The van der Waals surface area contributed by atoms with Gasteiger partial charge in [-0.2, -0.15) is 0 Å². The predicted octanol–water partition coefficient (Wildman–Crippen LogP) is 2.25. The SMILES string of the molecule is CC1=CC(S(=O)(=O)n2cnc3c(N4CCNCC4)cccc32)=CCC1. The Morgan fingerprint density at radius 2 is 2.00 bits per heavy atom. The maximum atomic E-state index is 13.1. The lowest BCUT2D eigenvalue weighted by Gasteiger charge is -2.29. The van der Waals surface area contributed by atoms with Crippen LogP contribution in [0.15, 0.2) is 47.2 Å². The average molecular weight is 358 g/mol. The number of rotatable bonds is 3. The van der Waals surface area contributed by atoms with Gasteiger partial charge in [-0.3, -0.25) is 0 Å². The Bertz CT molecular complexity index is 966. The first kappa shape index (κ1) is 16.4. The molecule has 1 fully saturated rings. The molecule has 25 heavy (non-hydrogen) atoms. The molecule has 4 rings (SSSR count). The number of hydrogen-bond acceptors (Lipinski definition) is 5. The normalized spacial score (nSPS) is 19.0. The lowest BCUT2D eigenvalue weighted by molar-refractivity contribution is 0.590. The molecule has 0 spiro atoms. The highest BCUT2D eigenvalue weighted by molar-refractivity contribution is 7.94. The zero-order valence-corrected chi connectivity index (χ0v) is 15.1. The maximum absolute atomic E-state index is 13.1. The van der Waals surface area contributed by atoms with Crippen LogP contribution in [-0.2, 0) is 10.0 Å². The fourth-order valence-electron chi connectivity index (χ4n) is 3.46. The molecule has 0 saturated carbocycles. The minimum Gasteiger partial charge on any atom is -0.367 e. The molecule has 2 heterocycles. The zero-order valence-electron chi connectivity index (χ0n) is 14.3. The Balaban J connectivity index is 1.80. The maximum Gasteiger partial charge on any atom is 0.269 e. The van der Waals surface area contributed by atoms with Crippen molar-refractivity contribution in [3.8, 4) is 0 Å². The van der Waals surface area contributed by atoms with Crippen LogP contribution in [0.25, 0.3) is 11.0 Å². The summed E-state index contributed by atoms with van der Waals surface area (Å²) in [6.07, 6.45) is 6.68. The highest BCUT2D eigenvalue weighted by Gasteiger charge is 2.24. The first-order chi connectivity index (χ1) is 12.1. The Hall–Kier alpha value is -2.12. The van der Waals surface area contributed by atoms with E-state index in [2.05, 4.69) is 15.2 Å². The molecule has 2 aromatic rings. The number of nitrogens with one attached hydrogen (secondary N) is 1. The molecule has 1 aliphatic heterocycles. The standard InChI is InChI=1S/C18H22N4O2S/c1-14-4-2-5-15(12-14)25(23,24)22-13-20-18-16(6-3-7-17(18)22)21-10-8-19-9-11-21/h3,5-7,12-13,19H,2,4,8-11H2,1H3. The third-order valence-corrected chi connectivity index (χ3v) is 6.50. The van der Waals surface area contributed by atoms with Crippen LogP contribution < -0.4 is 10.2 Å². The van der Waals surface area contributed by atoms with Crippen molar-refractivity contribution >= 4 is 26.7 Å². The van der Waals surface area contributed by atoms with Crippen molar-refractivity contribution in [3.63, 3.8) is 0 Å². The summed E-state index contributed by atoms with van der Waals surface area (Å²) in [5.41, 5.74) is 3.46. The minimum atomic E-state index is -3.62. The van der Waals surface area contributed by atoms with E-state index in [9.17, 15) is 8.42 Å². The molecule has 1 saturated heterocycles. The van der Waals surface area contributed by atoms with E-state index in [4.69, 9.17) is 0 Å². The van der Waals surface area contributed by atoms with Crippen molar-refractivity contribution in [1.82, 2.24) is 14.3 Å². The number of nitrogens with zero attached hydrogens (tertiary/aromatic N) is 3. The Kier molecular flexibility index (Phi) is 4.13. The van der Waals surface area contributed by atoms with Crippen molar-refractivity contribution in [2.45, 2.75) is 19.8 Å². The van der Waals surface area contributed by atoms with Crippen LogP contribution in [0.5, 0.6) is 0 Å². The smallest absolute Gasteiger partial charge is 0.269 e. The Morgan fingerprint density at radius 1 is 1.20 bits per heavy atom. The van der Waals surface area contributed by atoms with Crippen LogP contribution in [0.4, 0.5) is 5.69 Å². The molecule has 6 nitrogen and oxygen atoms in total. The van der Waals surface area contributed by atoms with Crippen molar-refractivity contribution in [2.75, 3.05) is 31.1 Å². The van der Waals surface area contributed by atoms with E-state index in [1.165, 1.54) is 10.3 Å². The fourth-order valence-corrected chi connectivity index (χ4v) is 4.95. The number of imidazole rings is 1. The summed E-state index contributed by atoms with van der Waals surface area (Å²) in [5.74, 6) is 0. The second-order valence-corrected chi connectivity index (χ2v) is 8.38. The second kappa shape index (κ2) is 6.31. The molecule has 7 heteroatoms. The van der Waals surface area contributed by atoms with Crippen LogP contribution in [0.2, 0.25) is 0 Å². The molecule has 0 bridgehead atoms. The largest absolute Gasteiger partial charge is 0.367 e. The number of allylic oxidation sites excluding steroid dienone is 3. The van der Waals surface area contributed by atoms with E-state index in [-0.39, 0.29) is 0 Å². The van der Waals surface area contributed by atoms with Crippen molar-refractivity contribution in [1.29, 1.82) is 0 Å². The van der Waals surface area contributed by atoms with Gasteiger partial charge in [0.2, 0.25) is 0 Å². The molecule has 0 radical (unpaired) electrons. The third kappa shape index (κ3) is 2.87. The van der Waals surface area contributed by atoms with E-state index in [1.54, 1.807) is 12.2 Å². The predicted molar refractivity (Wildman–Crippen MR) is 100 cm³/mol. The van der Waals surface area contributed by atoms with Crippen LogP contribution in [0.3, 0.4) is 0 Å². The number of aromatic nitrogens is 2. The molecular weight excluding hydrogens is 336 g/mol. The van der Waals surface area contributed by atoms with E-state index in [1.807, 2.05) is 25.1 Å². The molecule has 0 atom stereocenters. The van der Waals surface area contributed by atoms with Gasteiger partial charge in [-0.1, -0.05) is 17.7 Å². The molecular formula is C18H22N4O2S. The van der Waals surface area contributed by atoms with Gasteiger partial charge >= 0.3 is 0 Å². The summed E-state index contributed by atoms with van der Waals surface area (Å²) in [5, 5.41) is 3.33. The second-order valence-electron chi connectivity index (χ2n) is 6.56. The van der Waals surface area contributed by atoms with Gasteiger partial charge < -0.3 is 10.2 Å². The van der Waals surface area contributed by atoms with Gasteiger partial charge in [0.1, 0.15) is 11.8 Å². The van der Waals surface area contributed by atoms with Gasteiger partial charge in [-0.15, -0.1) is 0 Å². The first-order valence-electron chi connectivity index (χ1n) is 8.62. The topological polar surface area (TPSA) is 67.2 Å². The summed E-state index contributed by atoms with van der Waals surface area (Å²) in [4.78, 5) is 7.07. The van der Waals surface area contributed by atoms with Crippen LogP contribution in [0.1, 0.15) is 19.8 Å². The number of anilines is 1. The van der Waals surface area contributed by atoms with Crippen molar-refractivity contribution < 1.29 is 8.42 Å². The summed E-state index contributed by atoms with van der Waals surface area (Å²) in [7, 11) is -3.62.